The van der Waals surface area contributed by atoms with Crippen molar-refractivity contribution in [2.45, 2.75) is 6.42 Å². The van der Waals surface area contributed by atoms with Crippen LogP contribution in [0.2, 0.25) is 0 Å². The summed E-state index contributed by atoms with van der Waals surface area (Å²) >= 11 is 0. The number of benzene rings is 3. The Kier molecular flexibility index (Phi) is 7.80. The van der Waals surface area contributed by atoms with Crippen molar-refractivity contribution in [3.63, 3.8) is 0 Å². The molecule has 0 unspecified atom stereocenters. The van der Waals surface area contributed by atoms with Gasteiger partial charge in [0.05, 0.1) is 19.8 Å². The van der Waals surface area contributed by atoms with Gasteiger partial charge in [0, 0.05) is 30.8 Å². The first-order chi connectivity index (χ1) is 15.9. The highest BCUT2D eigenvalue weighted by Crippen LogP contribution is 2.34. The third-order valence-corrected chi connectivity index (χ3v) is 4.55. The van der Waals surface area contributed by atoms with Crippen molar-refractivity contribution >= 4 is 17.5 Å². The number of hydrogen-bond donors (Lipinski definition) is 2. The Morgan fingerprint density at radius 3 is 2.24 bits per heavy atom. The lowest BCUT2D eigenvalue weighted by molar-refractivity contribution is -0.116. The summed E-state index contributed by atoms with van der Waals surface area (Å²) in [6.07, 6.45) is -0.0603. The molecule has 7 nitrogen and oxygen atoms in total. The van der Waals surface area contributed by atoms with E-state index in [1.807, 2.05) is 0 Å². The zero-order chi connectivity index (χ0) is 23.8. The molecule has 9 heteroatoms. The summed E-state index contributed by atoms with van der Waals surface area (Å²) in [5.74, 6) is -0.774. The van der Waals surface area contributed by atoms with Crippen molar-refractivity contribution in [3.05, 3.63) is 77.9 Å². The van der Waals surface area contributed by atoms with E-state index >= 15 is 0 Å². The van der Waals surface area contributed by atoms with E-state index in [4.69, 9.17) is 14.2 Å². The van der Waals surface area contributed by atoms with Crippen molar-refractivity contribution in [3.8, 4) is 23.0 Å². The number of halogens is 2. The van der Waals surface area contributed by atoms with E-state index in [1.54, 1.807) is 49.6 Å². The first kappa shape index (κ1) is 23.5. The fraction of sp³-hybridized carbons (Fsp3) is 0.167. The molecule has 2 N–H and O–H groups in total. The smallest absolute Gasteiger partial charge is 0.254 e. The van der Waals surface area contributed by atoms with E-state index in [0.29, 0.717) is 34.8 Å². The first-order valence-electron chi connectivity index (χ1n) is 9.92. The molecule has 0 radical (unpaired) electrons. The van der Waals surface area contributed by atoms with E-state index in [9.17, 15) is 18.4 Å². The Hall–Kier alpha value is -4.14. The monoisotopic (exact) mass is 456 g/mol. The van der Waals surface area contributed by atoms with Gasteiger partial charge in [0.1, 0.15) is 23.1 Å². The van der Waals surface area contributed by atoms with Crippen LogP contribution >= 0.6 is 0 Å². The van der Waals surface area contributed by atoms with Crippen molar-refractivity contribution in [2.24, 2.45) is 0 Å². The molecule has 0 spiro atoms. The van der Waals surface area contributed by atoms with Gasteiger partial charge in [0.25, 0.3) is 5.91 Å². The van der Waals surface area contributed by atoms with Gasteiger partial charge in [-0.1, -0.05) is 0 Å². The normalized spacial score (nSPS) is 10.3. The molecular weight excluding hydrogens is 434 g/mol. The van der Waals surface area contributed by atoms with Crippen LogP contribution in [0.4, 0.5) is 14.5 Å². The maximum atomic E-state index is 13.7. The Labute approximate surface area is 189 Å². The predicted molar refractivity (Wildman–Crippen MR) is 118 cm³/mol. The largest absolute Gasteiger partial charge is 0.497 e. The van der Waals surface area contributed by atoms with Crippen molar-refractivity contribution in [1.82, 2.24) is 5.32 Å². The summed E-state index contributed by atoms with van der Waals surface area (Å²) in [6, 6.07) is 14.5. The summed E-state index contributed by atoms with van der Waals surface area (Å²) in [4.78, 5) is 24.3. The minimum absolute atomic E-state index is 0.0349. The fourth-order valence-corrected chi connectivity index (χ4v) is 2.89. The number of nitrogens with one attached hydrogen (secondary N) is 2. The molecule has 0 heterocycles. The minimum Gasteiger partial charge on any atom is -0.497 e. The van der Waals surface area contributed by atoms with E-state index < -0.39 is 17.5 Å². The Bertz CT molecular complexity index is 1140. The van der Waals surface area contributed by atoms with Gasteiger partial charge in [-0.15, -0.1) is 0 Å². The summed E-state index contributed by atoms with van der Waals surface area (Å²) in [5.41, 5.74) is 0.160. The highest BCUT2D eigenvalue weighted by atomic mass is 19.1. The maximum Gasteiger partial charge on any atom is 0.254 e. The molecule has 2 amide bonds. The van der Waals surface area contributed by atoms with Crippen LogP contribution in [0.1, 0.15) is 16.8 Å². The van der Waals surface area contributed by atoms with E-state index in [2.05, 4.69) is 10.6 Å². The van der Waals surface area contributed by atoms with Gasteiger partial charge in [-0.2, -0.15) is 0 Å². The second-order valence-corrected chi connectivity index (χ2v) is 6.82. The summed E-state index contributed by atoms with van der Waals surface area (Å²) in [6.45, 7) is -0.0349. The summed E-state index contributed by atoms with van der Waals surface area (Å²) in [5, 5.41) is 5.13. The van der Waals surface area contributed by atoms with Gasteiger partial charge in [0.2, 0.25) is 5.91 Å². The van der Waals surface area contributed by atoms with Gasteiger partial charge in [-0.05, 0) is 48.5 Å². The molecule has 0 saturated heterocycles. The maximum absolute atomic E-state index is 13.7. The first-order valence-corrected chi connectivity index (χ1v) is 9.92. The van der Waals surface area contributed by atoms with Crippen LogP contribution in [0.15, 0.2) is 60.7 Å². The third kappa shape index (κ3) is 6.42. The number of rotatable bonds is 9. The van der Waals surface area contributed by atoms with E-state index in [-0.39, 0.29) is 24.4 Å². The molecule has 172 valence electrons. The van der Waals surface area contributed by atoms with Gasteiger partial charge < -0.3 is 24.8 Å². The number of hydrogen-bond acceptors (Lipinski definition) is 5. The molecule has 0 saturated carbocycles. The highest BCUT2D eigenvalue weighted by Gasteiger charge is 2.13. The standard InChI is InChI=1S/C24H22F2N2O5/c1-31-17-5-7-18(8-6-17)33-22-14-16(4-10-21(22)32-2)28-23(29)11-12-27-24(30)19-9-3-15(25)13-20(19)26/h3-10,13-14H,11-12H2,1-2H3,(H,27,30)(H,28,29). The predicted octanol–water partition coefficient (Wildman–Crippen LogP) is 4.53. The SMILES string of the molecule is COc1ccc(Oc2cc(NC(=O)CCNC(=O)c3ccc(F)cc3F)ccc2OC)cc1. The molecule has 0 aliphatic rings. The third-order valence-electron chi connectivity index (χ3n) is 4.55. The highest BCUT2D eigenvalue weighted by molar-refractivity contribution is 5.95. The number of carbonyl (C=O) groups is 2. The Morgan fingerprint density at radius 2 is 1.58 bits per heavy atom. The average molecular weight is 456 g/mol. The molecule has 0 aliphatic carbocycles. The molecule has 3 aromatic carbocycles. The quantitative estimate of drug-likeness (QED) is 0.494. The zero-order valence-corrected chi connectivity index (χ0v) is 18.0. The second kappa shape index (κ2) is 10.9. The second-order valence-electron chi connectivity index (χ2n) is 6.82. The molecule has 0 aromatic heterocycles. The topological polar surface area (TPSA) is 85.9 Å². The van der Waals surface area contributed by atoms with E-state index in [0.717, 1.165) is 12.1 Å². The molecule has 3 aromatic rings. The van der Waals surface area contributed by atoms with Crippen molar-refractivity contribution < 1.29 is 32.6 Å². The fourth-order valence-electron chi connectivity index (χ4n) is 2.89. The van der Waals surface area contributed by atoms with Crippen LogP contribution in [-0.2, 0) is 4.79 Å². The average Bonchev–Trinajstić information content (AvgIpc) is 2.79. The molecular formula is C24H22F2N2O5. The number of carbonyl (C=O) groups excluding carboxylic acids is 2. The molecule has 0 fully saturated rings. The molecule has 0 atom stereocenters. The molecule has 3 rings (SSSR count). The van der Waals surface area contributed by atoms with Gasteiger partial charge in [-0.3, -0.25) is 9.59 Å². The summed E-state index contributed by atoms with van der Waals surface area (Å²) < 4.78 is 42.9. The van der Waals surface area contributed by atoms with Crippen molar-refractivity contribution in [2.75, 3.05) is 26.1 Å². The molecule has 0 aliphatic heterocycles. The van der Waals surface area contributed by atoms with Gasteiger partial charge in [-0.25, -0.2) is 8.78 Å². The summed E-state index contributed by atoms with van der Waals surface area (Å²) in [7, 11) is 3.07. The number of amides is 2. The van der Waals surface area contributed by atoms with Crippen LogP contribution in [0.5, 0.6) is 23.0 Å². The van der Waals surface area contributed by atoms with Gasteiger partial charge >= 0.3 is 0 Å². The lowest BCUT2D eigenvalue weighted by Gasteiger charge is -2.13. The Balaban J connectivity index is 1.57. The molecule has 0 bridgehead atoms. The lowest BCUT2D eigenvalue weighted by Crippen LogP contribution is -2.28. The van der Waals surface area contributed by atoms with Crippen LogP contribution in [0.25, 0.3) is 0 Å². The number of ether oxygens (including phenoxy) is 3. The Morgan fingerprint density at radius 1 is 0.848 bits per heavy atom. The van der Waals surface area contributed by atoms with Crippen LogP contribution < -0.4 is 24.8 Å². The van der Waals surface area contributed by atoms with Crippen LogP contribution in [0, 0.1) is 11.6 Å². The number of methoxy groups -OCH3 is 2. The van der Waals surface area contributed by atoms with Crippen LogP contribution in [-0.4, -0.2) is 32.6 Å². The van der Waals surface area contributed by atoms with Crippen molar-refractivity contribution in [1.29, 1.82) is 0 Å². The van der Waals surface area contributed by atoms with E-state index in [1.165, 1.54) is 7.11 Å². The minimum atomic E-state index is -0.973. The van der Waals surface area contributed by atoms with Gasteiger partial charge in [0.15, 0.2) is 11.5 Å². The molecule has 33 heavy (non-hydrogen) atoms. The van der Waals surface area contributed by atoms with Crippen LogP contribution in [0.3, 0.4) is 0 Å². The number of anilines is 1. The zero-order valence-electron chi connectivity index (χ0n) is 18.0. The lowest BCUT2D eigenvalue weighted by atomic mass is 10.2.